The molecule has 0 radical (unpaired) electrons. The van der Waals surface area contributed by atoms with Gasteiger partial charge in [-0.1, -0.05) is 30.3 Å². The van der Waals surface area contributed by atoms with E-state index in [2.05, 4.69) is 5.32 Å². The standard InChI is InChI=1S/C19H24N2O4S/c1-15(2)25-18-12-8-7-11-17(18)21(26(3,23)24)14-13-19(22)20-16-9-5-4-6-10-16/h4-12,15H,13-14H2,1-3H3,(H,20,22). The Hall–Kier alpha value is -2.54. The average Bonchev–Trinajstić information content (AvgIpc) is 2.55. The maximum Gasteiger partial charge on any atom is 0.232 e. The number of hydrogen-bond acceptors (Lipinski definition) is 4. The third-order valence-electron chi connectivity index (χ3n) is 3.50. The van der Waals surface area contributed by atoms with Crippen LogP contribution in [-0.4, -0.2) is 33.2 Å². The monoisotopic (exact) mass is 376 g/mol. The molecule has 0 aliphatic rings. The Morgan fingerprint density at radius 1 is 1.08 bits per heavy atom. The molecule has 2 aromatic rings. The number of nitrogens with zero attached hydrogens (tertiary/aromatic N) is 1. The Labute approximate surface area is 154 Å². The number of carbonyl (C=O) groups is 1. The first-order valence-electron chi connectivity index (χ1n) is 8.35. The number of anilines is 2. The van der Waals surface area contributed by atoms with Gasteiger partial charge >= 0.3 is 0 Å². The van der Waals surface area contributed by atoms with E-state index in [0.29, 0.717) is 17.1 Å². The maximum atomic E-state index is 12.3. The lowest BCUT2D eigenvalue weighted by Gasteiger charge is -2.25. The second-order valence-electron chi connectivity index (χ2n) is 6.13. The fourth-order valence-electron chi connectivity index (χ4n) is 2.43. The molecule has 140 valence electrons. The summed E-state index contributed by atoms with van der Waals surface area (Å²) in [5.41, 5.74) is 1.10. The van der Waals surface area contributed by atoms with Crippen LogP contribution < -0.4 is 14.4 Å². The van der Waals surface area contributed by atoms with Gasteiger partial charge in [0.1, 0.15) is 5.75 Å². The van der Waals surface area contributed by atoms with Crippen LogP contribution in [0.25, 0.3) is 0 Å². The van der Waals surface area contributed by atoms with Gasteiger partial charge in [-0.2, -0.15) is 0 Å². The first-order valence-corrected chi connectivity index (χ1v) is 10.2. The van der Waals surface area contributed by atoms with Gasteiger partial charge in [0.15, 0.2) is 0 Å². The number of amides is 1. The van der Waals surface area contributed by atoms with Gasteiger partial charge in [-0.25, -0.2) is 8.42 Å². The number of para-hydroxylation sites is 3. The van der Waals surface area contributed by atoms with E-state index in [0.717, 1.165) is 6.26 Å². The zero-order valence-electron chi connectivity index (χ0n) is 15.2. The zero-order chi connectivity index (χ0) is 19.2. The molecule has 0 saturated heterocycles. The number of ether oxygens (including phenoxy) is 1. The lowest BCUT2D eigenvalue weighted by atomic mass is 10.2. The summed E-state index contributed by atoms with van der Waals surface area (Å²) in [4.78, 5) is 12.2. The Balaban J connectivity index is 2.15. The first kappa shape index (κ1) is 19.8. The van der Waals surface area contributed by atoms with Gasteiger partial charge in [-0.3, -0.25) is 9.10 Å². The number of rotatable bonds is 8. The van der Waals surface area contributed by atoms with Crippen LogP contribution in [-0.2, 0) is 14.8 Å². The van der Waals surface area contributed by atoms with Crippen molar-refractivity contribution in [2.45, 2.75) is 26.4 Å². The van der Waals surface area contributed by atoms with Crippen molar-refractivity contribution < 1.29 is 17.9 Å². The van der Waals surface area contributed by atoms with Gasteiger partial charge in [0.05, 0.1) is 18.0 Å². The summed E-state index contributed by atoms with van der Waals surface area (Å²) in [5.74, 6) is 0.212. The van der Waals surface area contributed by atoms with E-state index in [4.69, 9.17) is 4.74 Å². The minimum Gasteiger partial charge on any atom is -0.489 e. The third kappa shape index (κ3) is 5.77. The fraction of sp³-hybridized carbons (Fsp3) is 0.316. The van der Waals surface area contributed by atoms with E-state index in [1.165, 1.54) is 4.31 Å². The van der Waals surface area contributed by atoms with Crippen LogP contribution in [0.5, 0.6) is 5.75 Å². The van der Waals surface area contributed by atoms with E-state index in [9.17, 15) is 13.2 Å². The highest BCUT2D eigenvalue weighted by atomic mass is 32.2. The van der Waals surface area contributed by atoms with Crippen molar-refractivity contribution in [3.63, 3.8) is 0 Å². The molecular weight excluding hydrogens is 352 g/mol. The third-order valence-corrected chi connectivity index (χ3v) is 4.68. The van der Waals surface area contributed by atoms with Crippen molar-refractivity contribution in [1.29, 1.82) is 0 Å². The quantitative estimate of drug-likeness (QED) is 0.767. The zero-order valence-corrected chi connectivity index (χ0v) is 16.0. The van der Waals surface area contributed by atoms with Crippen LogP contribution in [0.2, 0.25) is 0 Å². The normalized spacial score (nSPS) is 11.2. The van der Waals surface area contributed by atoms with Crippen LogP contribution in [0.3, 0.4) is 0 Å². The molecule has 0 aliphatic carbocycles. The molecule has 0 bridgehead atoms. The van der Waals surface area contributed by atoms with Crippen molar-refractivity contribution in [2.24, 2.45) is 0 Å². The van der Waals surface area contributed by atoms with Gasteiger partial charge in [0.2, 0.25) is 15.9 Å². The second kappa shape index (κ2) is 8.71. The molecule has 0 atom stereocenters. The summed E-state index contributed by atoms with van der Waals surface area (Å²) in [6.07, 6.45) is 1.05. The molecule has 0 fully saturated rings. The molecule has 0 saturated carbocycles. The fourth-order valence-corrected chi connectivity index (χ4v) is 3.36. The molecule has 0 aromatic heterocycles. The number of nitrogens with one attached hydrogen (secondary N) is 1. The number of hydrogen-bond donors (Lipinski definition) is 1. The molecule has 1 N–H and O–H groups in total. The minimum atomic E-state index is -3.57. The number of sulfonamides is 1. The number of benzene rings is 2. The Kier molecular flexibility index (Phi) is 6.63. The Morgan fingerprint density at radius 3 is 2.31 bits per heavy atom. The molecule has 2 aromatic carbocycles. The highest BCUT2D eigenvalue weighted by Gasteiger charge is 2.22. The molecule has 7 heteroatoms. The molecular formula is C19H24N2O4S. The minimum absolute atomic E-state index is 0.0238. The van der Waals surface area contributed by atoms with Crippen molar-refractivity contribution in [1.82, 2.24) is 0 Å². The highest BCUT2D eigenvalue weighted by Crippen LogP contribution is 2.30. The van der Waals surface area contributed by atoms with Crippen LogP contribution >= 0.6 is 0 Å². The first-order chi connectivity index (χ1) is 12.3. The molecule has 0 unspecified atom stereocenters. The van der Waals surface area contributed by atoms with Gasteiger partial charge in [-0.15, -0.1) is 0 Å². The topological polar surface area (TPSA) is 75.7 Å². The molecule has 6 nitrogen and oxygen atoms in total. The SMILES string of the molecule is CC(C)Oc1ccccc1N(CCC(=O)Nc1ccccc1)S(C)(=O)=O. The average molecular weight is 376 g/mol. The molecule has 0 spiro atoms. The van der Waals surface area contributed by atoms with Crippen molar-refractivity contribution in [3.05, 3.63) is 54.6 Å². The molecule has 0 heterocycles. The Morgan fingerprint density at radius 2 is 1.69 bits per heavy atom. The molecule has 26 heavy (non-hydrogen) atoms. The van der Waals surface area contributed by atoms with Crippen LogP contribution in [0.1, 0.15) is 20.3 Å². The second-order valence-corrected chi connectivity index (χ2v) is 8.04. The van der Waals surface area contributed by atoms with Crippen LogP contribution in [0, 0.1) is 0 Å². The lowest BCUT2D eigenvalue weighted by molar-refractivity contribution is -0.116. The van der Waals surface area contributed by atoms with Crippen molar-refractivity contribution in [2.75, 3.05) is 22.4 Å². The molecule has 2 rings (SSSR count). The van der Waals surface area contributed by atoms with Gasteiger partial charge in [0.25, 0.3) is 0 Å². The van der Waals surface area contributed by atoms with Gasteiger partial charge < -0.3 is 10.1 Å². The van der Waals surface area contributed by atoms with Gasteiger partial charge in [-0.05, 0) is 38.1 Å². The molecule has 0 aliphatic heterocycles. The van der Waals surface area contributed by atoms with E-state index in [-0.39, 0.29) is 25.0 Å². The predicted octanol–water partition coefficient (Wildman–Crippen LogP) is 3.27. The maximum absolute atomic E-state index is 12.3. The van der Waals surface area contributed by atoms with Gasteiger partial charge in [0, 0.05) is 18.7 Å². The lowest BCUT2D eigenvalue weighted by Crippen LogP contribution is -2.33. The summed E-state index contributed by atoms with van der Waals surface area (Å²) in [6, 6.07) is 16.0. The smallest absolute Gasteiger partial charge is 0.232 e. The van der Waals surface area contributed by atoms with Crippen molar-refractivity contribution >= 4 is 27.3 Å². The van der Waals surface area contributed by atoms with Crippen LogP contribution in [0.15, 0.2) is 54.6 Å². The summed E-state index contributed by atoms with van der Waals surface area (Å²) in [5, 5.41) is 2.76. The highest BCUT2D eigenvalue weighted by molar-refractivity contribution is 7.92. The summed E-state index contributed by atoms with van der Waals surface area (Å²) in [6.45, 7) is 3.76. The van der Waals surface area contributed by atoms with E-state index in [1.807, 2.05) is 32.0 Å². The molecule has 1 amide bonds. The summed E-state index contributed by atoms with van der Waals surface area (Å²) >= 11 is 0. The van der Waals surface area contributed by atoms with Crippen molar-refractivity contribution in [3.8, 4) is 5.75 Å². The largest absolute Gasteiger partial charge is 0.489 e. The summed E-state index contributed by atoms with van der Waals surface area (Å²) in [7, 11) is -3.57. The predicted molar refractivity (Wildman–Crippen MR) is 104 cm³/mol. The van der Waals surface area contributed by atoms with E-state index < -0.39 is 10.0 Å². The Bertz CT molecular complexity index is 836. The van der Waals surface area contributed by atoms with E-state index >= 15 is 0 Å². The number of carbonyl (C=O) groups excluding carboxylic acids is 1. The van der Waals surface area contributed by atoms with E-state index in [1.54, 1.807) is 36.4 Å². The summed E-state index contributed by atoms with van der Waals surface area (Å²) < 4.78 is 31.5. The van der Waals surface area contributed by atoms with Crippen LogP contribution in [0.4, 0.5) is 11.4 Å².